The van der Waals surface area contributed by atoms with E-state index in [4.69, 9.17) is 0 Å². The van der Waals surface area contributed by atoms with E-state index in [0.29, 0.717) is 18.0 Å². The van der Waals surface area contributed by atoms with Crippen molar-refractivity contribution in [1.82, 2.24) is 10.6 Å². The van der Waals surface area contributed by atoms with Crippen LogP contribution in [-0.2, 0) is 4.79 Å². The molecule has 0 radical (unpaired) electrons. The summed E-state index contributed by atoms with van der Waals surface area (Å²) >= 11 is 0. The fourth-order valence-corrected chi connectivity index (χ4v) is 2.26. The van der Waals surface area contributed by atoms with Gasteiger partial charge in [-0.15, -0.1) is 0 Å². The zero-order chi connectivity index (χ0) is 12.1. The summed E-state index contributed by atoms with van der Waals surface area (Å²) in [6.07, 6.45) is 3.14. The molecule has 1 heterocycles. The maximum absolute atomic E-state index is 12.0. The Bertz CT molecular complexity index is 220. The molecule has 1 saturated heterocycles. The van der Waals surface area contributed by atoms with E-state index in [1.54, 1.807) is 0 Å². The molecule has 94 valence electrons. The molecule has 1 aliphatic heterocycles. The van der Waals surface area contributed by atoms with Gasteiger partial charge in [0.25, 0.3) is 0 Å². The van der Waals surface area contributed by atoms with Gasteiger partial charge in [0.05, 0.1) is 5.92 Å². The van der Waals surface area contributed by atoms with E-state index in [1.165, 1.54) is 0 Å². The third-order valence-corrected chi connectivity index (χ3v) is 3.60. The molecule has 3 unspecified atom stereocenters. The maximum atomic E-state index is 12.0. The van der Waals surface area contributed by atoms with Crippen LogP contribution in [0.2, 0.25) is 0 Å². The number of hydrogen-bond acceptors (Lipinski definition) is 2. The Morgan fingerprint density at radius 2 is 2.12 bits per heavy atom. The highest BCUT2D eigenvalue weighted by Crippen LogP contribution is 2.15. The maximum Gasteiger partial charge on any atom is 0.224 e. The fraction of sp³-hybridized carbons (Fsp3) is 0.923. The van der Waals surface area contributed by atoms with Crippen LogP contribution in [0.15, 0.2) is 0 Å². The van der Waals surface area contributed by atoms with Gasteiger partial charge in [0, 0.05) is 18.6 Å². The van der Waals surface area contributed by atoms with Crippen molar-refractivity contribution in [3.8, 4) is 0 Å². The second-order valence-corrected chi connectivity index (χ2v) is 5.35. The monoisotopic (exact) mass is 226 g/mol. The lowest BCUT2D eigenvalue weighted by Crippen LogP contribution is -2.47. The number of piperidine rings is 1. The van der Waals surface area contributed by atoms with Gasteiger partial charge >= 0.3 is 0 Å². The molecule has 3 atom stereocenters. The van der Waals surface area contributed by atoms with Crippen molar-refractivity contribution >= 4 is 5.91 Å². The van der Waals surface area contributed by atoms with Crippen LogP contribution in [0.4, 0.5) is 0 Å². The first-order valence-corrected chi connectivity index (χ1v) is 6.58. The van der Waals surface area contributed by atoms with Gasteiger partial charge in [0.2, 0.25) is 5.91 Å². The standard InChI is InChI=1S/C13H26N2O/c1-5-12(9(2)3)15-13(16)11-7-6-10(4)14-8-11/h9-12,14H,5-8H2,1-4H3,(H,15,16). The Hall–Kier alpha value is -0.570. The van der Waals surface area contributed by atoms with E-state index in [2.05, 4.69) is 38.3 Å². The molecular formula is C13H26N2O. The second kappa shape index (κ2) is 6.24. The zero-order valence-electron chi connectivity index (χ0n) is 11.0. The van der Waals surface area contributed by atoms with Gasteiger partial charge in [-0.05, 0) is 32.1 Å². The quantitative estimate of drug-likeness (QED) is 0.769. The smallest absolute Gasteiger partial charge is 0.224 e. The highest BCUT2D eigenvalue weighted by Gasteiger charge is 2.25. The molecule has 0 aromatic heterocycles. The first kappa shape index (κ1) is 13.5. The Morgan fingerprint density at radius 1 is 1.44 bits per heavy atom. The summed E-state index contributed by atoms with van der Waals surface area (Å²) in [5.41, 5.74) is 0. The van der Waals surface area contributed by atoms with Crippen molar-refractivity contribution < 1.29 is 4.79 Å². The van der Waals surface area contributed by atoms with E-state index in [0.717, 1.165) is 25.8 Å². The van der Waals surface area contributed by atoms with Gasteiger partial charge in [-0.3, -0.25) is 4.79 Å². The molecule has 3 nitrogen and oxygen atoms in total. The van der Waals surface area contributed by atoms with E-state index >= 15 is 0 Å². The Labute approximate surface area is 99.4 Å². The highest BCUT2D eigenvalue weighted by molar-refractivity contribution is 5.79. The zero-order valence-corrected chi connectivity index (χ0v) is 11.0. The number of carbonyl (C=O) groups is 1. The number of rotatable bonds is 4. The Kier molecular flexibility index (Phi) is 5.26. The summed E-state index contributed by atoms with van der Waals surface area (Å²) in [6, 6.07) is 0.892. The lowest BCUT2D eigenvalue weighted by atomic mass is 9.93. The van der Waals surface area contributed by atoms with Gasteiger partial charge in [-0.1, -0.05) is 20.8 Å². The minimum atomic E-state index is 0.170. The summed E-state index contributed by atoms with van der Waals surface area (Å²) in [5, 5.41) is 6.54. The Morgan fingerprint density at radius 3 is 2.56 bits per heavy atom. The van der Waals surface area contributed by atoms with Gasteiger partial charge in [-0.25, -0.2) is 0 Å². The van der Waals surface area contributed by atoms with Crippen molar-refractivity contribution in [2.24, 2.45) is 11.8 Å². The van der Waals surface area contributed by atoms with Crippen molar-refractivity contribution in [2.45, 2.75) is 59.0 Å². The third kappa shape index (κ3) is 3.78. The summed E-state index contributed by atoms with van der Waals surface area (Å²) in [4.78, 5) is 12.0. The summed E-state index contributed by atoms with van der Waals surface area (Å²) in [6.45, 7) is 9.47. The average Bonchev–Trinajstić information content (AvgIpc) is 2.26. The van der Waals surface area contributed by atoms with Gasteiger partial charge in [0.1, 0.15) is 0 Å². The molecular weight excluding hydrogens is 200 g/mol. The summed E-state index contributed by atoms with van der Waals surface area (Å²) < 4.78 is 0. The van der Waals surface area contributed by atoms with Gasteiger partial charge < -0.3 is 10.6 Å². The van der Waals surface area contributed by atoms with Gasteiger partial charge in [0.15, 0.2) is 0 Å². The molecule has 1 fully saturated rings. The SMILES string of the molecule is CCC(NC(=O)C1CCC(C)NC1)C(C)C. The molecule has 0 bridgehead atoms. The van der Waals surface area contributed by atoms with Crippen LogP contribution < -0.4 is 10.6 Å². The molecule has 2 N–H and O–H groups in total. The number of hydrogen-bond donors (Lipinski definition) is 2. The van der Waals surface area contributed by atoms with Crippen LogP contribution in [0.3, 0.4) is 0 Å². The third-order valence-electron chi connectivity index (χ3n) is 3.60. The van der Waals surface area contributed by atoms with E-state index in [1.807, 2.05) is 0 Å². The van der Waals surface area contributed by atoms with Gasteiger partial charge in [-0.2, -0.15) is 0 Å². The molecule has 3 heteroatoms. The molecule has 1 amide bonds. The first-order chi connectivity index (χ1) is 7.54. The highest BCUT2D eigenvalue weighted by atomic mass is 16.2. The minimum Gasteiger partial charge on any atom is -0.353 e. The largest absolute Gasteiger partial charge is 0.353 e. The summed E-state index contributed by atoms with van der Waals surface area (Å²) in [5.74, 6) is 0.924. The predicted octanol–water partition coefficient (Wildman–Crippen LogP) is 1.93. The molecule has 1 rings (SSSR count). The molecule has 16 heavy (non-hydrogen) atoms. The van der Waals surface area contributed by atoms with Crippen LogP contribution in [0.25, 0.3) is 0 Å². The predicted molar refractivity (Wildman–Crippen MR) is 67.2 cm³/mol. The lowest BCUT2D eigenvalue weighted by Gasteiger charge is -2.29. The fourth-order valence-electron chi connectivity index (χ4n) is 2.26. The average molecular weight is 226 g/mol. The van der Waals surface area contributed by atoms with Crippen molar-refractivity contribution in [3.63, 3.8) is 0 Å². The number of carbonyl (C=O) groups excluding carboxylic acids is 1. The van der Waals surface area contributed by atoms with Crippen molar-refractivity contribution in [2.75, 3.05) is 6.54 Å². The van der Waals surface area contributed by atoms with Crippen LogP contribution in [0.1, 0.15) is 47.0 Å². The first-order valence-electron chi connectivity index (χ1n) is 6.58. The van der Waals surface area contributed by atoms with Crippen molar-refractivity contribution in [3.05, 3.63) is 0 Å². The van der Waals surface area contributed by atoms with E-state index in [9.17, 15) is 4.79 Å². The number of nitrogens with one attached hydrogen (secondary N) is 2. The molecule has 0 saturated carbocycles. The Balaban J connectivity index is 2.39. The van der Waals surface area contributed by atoms with Crippen LogP contribution in [0.5, 0.6) is 0 Å². The minimum absolute atomic E-state index is 0.170. The topological polar surface area (TPSA) is 41.1 Å². The molecule has 0 aromatic carbocycles. The summed E-state index contributed by atoms with van der Waals surface area (Å²) in [7, 11) is 0. The van der Waals surface area contributed by atoms with Crippen LogP contribution in [-0.4, -0.2) is 24.5 Å². The molecule has 0 spiro atoms. The van der Waals surface area contributed by atoms with Crippen molar-refractivity contribution in [1.29, 1.82) is 0 Å². The molecule has 0 aliphatic carbocycles. The van der Waals surface area contributed by atoms with Crippen LogP contribution >= 0.6 is 0 Å². The molecule has 1 aliphatic rings. The molecule has 0 aromatic rings. The van der Waals surface area contributed by atoms with E-state index in [-0.39, 0.29) is 11.8 Å². The van der Waals surface area contributed by atoms with E-state index < -0.39 is 0 Å². The number of amides is 1. The second-order valence-electron chi connectivity index (χ2n) is 5.35. The normalized spacial score (nSPS) is 27.8. The van der Waals surface area contributed by atoms with Crippen LogP contribution in [0, 0.1) is 11.8 Å². The lowest BCUT2D eigenvalue weighted by molar-refractivity contribution is -0.126.